The molecule has 0 saturated carbocycles. The molecule has 0 aliphatic heterocycles. The minimum absolute atomic E-state index is 0.0678. The molecule has 0 aliphatic carbocycles. The summed E-state index contributed by atoms with van der Waals surface area (Å²) in [7, 11) is 2.81. The van der Waals surface area contributed by atoms with Crippen molar-refractivity contribution in [2.75, 3.05) is 47.6 Å². The Morgan fingerprint density at radius 2 is 1.39 bits per heavy atom. The first-order chi connectivity index (χ1) is 18.0. The van der Waals surface area contributed by atoms with Crippen LogP contribution in [0.5, 0.6) is 0 Å². The van der Waals surface area contributed by atoms with E-state index in [9.17, 15) is 14.5 Å². The Labute approximate surface area is 235 Å². The second-order valence-electron chi connectivity index (χ2n) is 11.8. The van der Waals surface area contributed by atoms with Crippen molar-refractivity contribution in [3.63, 3.8) is 0 Å². The van der Waals surface area contributed by atoms with Crippen molar-refractivity contribution in [1.29, 1.82) is 0 Å². The molecule has 2 N–H and O–H groups in total. The average Bonchev–Trinajstić information content (AvgIpc) is 2.83. The van der Waals surface area contributed by atoms with Crippen LogP contribution in [0.3, 0.4) is 0 Å². The lowest BCUT2D eigenvalue weighted by Crippen LogP contribution is -2.45. The molecule has 0 aromatic rings. The zero-order valence-electron chi connectivity index (χ0n) is 25.7. The van der Waals surface area contributed by atoms with Crippen LogP contribution < -0.4 is 5.32 Å². The van der Waals surface area contributed by atoms with Gasteiger partial charge in [0.25, 0.3) is 0 Å². The number of aliphatic hydroxyl groups excluding tert-OH is 1. The van der Waals surface area contributed by atoms with Gasteiger partial charge in [-0.15, -0.1) is 0 Å². The van der Waals surface area contributed by atoms with Crippen molar-refractivity contribution < 1.29 is 28.0 Å². The summed E-state index contributed by atoms with van der Waals surface area (Å²) in [6.45, 7) is 6.73. The second-order valence-corrected chi connectivity index (χ2v) is 13.8. The van der Waals surface area contributed by atoms with E-state index in [1.54, 1.807) is 6.08 Å². The first kappa shape index (κ1) is 37.3. The molecule has 226 valence electrons. The summed E-state index contributed by atoms with van der Waals surface area (Å²) in [5.74, 6) is -0.123. The molecule has 0 bridgehead atoms. The molecule has 1 unspecified atom stereocenters. The van der Waals surface area contributed by atoms with E-state index in [-0.39, 0.29) is 12.5 Å². The lowest BCUT2D eigenvalue weighted by Gasteiger charge is -2.26. The molecule has 1 amide bonds. The van der Waals surface area contributed by atoms with Crippen LogP contribution in [0.2, 0.25) is 0 Å². The van der Waals surface area contributed by atoms with Crippen LogP contribution >= 0.6 is 7.60 Å². The van der Waals surface area contributed by atoms with E-state index >= 15 is 0 Å². The number of allylic oxidation sites excluding steroid dienone is 1. The Balaban J connectivity index is 4.49. The molecule has 38 heavy (non-hydrogen) atoms. The molecule has 0 rings (SSSR count). The van der Waals surface area contributed by atoms with Crippen LogP contribution in [0.25, 0.3) is 0 Å². The summed E-state index contributed by atoms with van der Waals surface area (Å²) in [5, 5.41) is 13.7. The highest BCUT2D eigenvalue weighted by Gasteiger charge is 2.25. The molecular weight excluding hydrogens is 499 g/mol. The maximum absolute atomic E-state index is 12.7. The number of hydrogen-bond donors (Lipinski definition) is 2. The van der Waals surface area contributed by atoms with Crippen LogP contribution in [0.4, 0.5) is 0 Å². The molecule has 0 spiro atoms. The lowest BCUT2D eigenvalue weighted by atomic mass is 10.0. The van der Waals surface area contributed by atoms with Crippen molar-refractivity contribution in [2.24, 2.45) is 0 Å². The average molecular weight is 562 g/mol. The number of carbonyl (C=O) groups excluding carboxylic acids is 1. The third-order valence-electron chi connectivity index (χ3n) is 6.65. The van der Waals surface area contributed by atoms with E-state index in [4.69, 9.17) is 9.05 Å². The molecule has 0 aromatic carbocycles. The van der Waals surface area contributed by atoms with Crippen LogP contribution in [0, 0.1) is 0 Å². The van der Waals surface area contributed by atoms with Crippen LogP contribution in [0.15, 0.2) is 12.2 Å². The molecule has 0 aliphatic rings. The first-order valence-corrected chi connectivity index (χ1v) is 17.3. The monoisotopic (exact) mass is 561 g/mol. The molecule has 0 fully saturated rings. The van der Waals surface area contributed by atoms with Crippen molar-refractivity contribution >= 4 is 13.5 Å². The number of likely N-dealkylation sites (N-methyl/N-ethyl adjacent to an activating group) is 1. The Kier molecular flexibility index (Phi) is 22.6. The van der Waals surface area contributed by atoms with Gasteiger partial charge >= 0.3 is 7.60 Å². The minimum Gasteiger partial charge on any atom is -0.387 e. The molecule has 0 aromatic heterocycles. The predicted octanol–water partition coefficient (Wildman–Crippen LogP) is 7.23. The Morgan fingerprint density at radius 3 is 1.95 bits per heavy atom. The molecule has 7 nitrogen and oxygen atoms in total. The SMILES string of the molecule is CCCCCCCCCCCCC/C=C/[C@@H](O)[C@H](COP(C)(=O)OCC[N+](C)(C)C)NC(=O)CCCCC. The normalized spacial score (nSPS) is 15.4. The largest absolute Gasteiger partial charge is 0.387 e. The maximum Gasteiger partial charge on any atom is 0.327 e. The fourth-order valence-corrected chi connectivity index (χ4v) is 4.99. The quantitative estimate of drug-likeness (QED) is 0.0504. The van der Waals surface area contributed by atoms with E-state index < -0.39 is 19.7 Å². The topological polar surface area (TPSA) is 84.9 Å². The zero-order valence-corrected chi connectivity index (χ0v) is 26.6. The van der Waals surface area contributed by atoms with Gasteiger partial charge in [0, 0.05) is 13.1 Å². The van der Waals surface area contributed by atoms with Crippen LogP contribution in [-0.2, 0) is 18.4 Å². The van der Waals surface area contributed by atoms with Gasteiger partial charge in [-0.1, -0.05) is 103 Å². The summed E-state index contributed by atoms with van der Waals surface area (Å²) in [6, 6.07) is -0.673. The third-order valence-corrected chi connectivity index (χ3v) is 7.92. The molecular formula is C30H62N2O5P+. The van der Waals surface area contributed by atoms with Gasteiger partial charge in [0.2, 0.25) is 5.91 Å². The highest BCUT2D eigenvalue weighted by Crippen LogP contribution is 2.43. The highest BCUT2D eigenvalue weighted by atomic mass is 31.2. The van der Waals surface area contributed by atoms with Crippen molar-refractivity contribution in [2.45, 2.75) is 129 Å². The van der Waals surface area contributed by atoms with E-state index in [2.05, 4.69) is 19.2 Å². The predicted molar refractivity (Wildman–Crippen MR) is 161 cm³/mol. The van der Waals surface area contributed by atoms with Crippen molar-refractivity contribution in [3.8, 4) is 0 Å². The maximum atomic E-state index is 12.7. The standard InChI is InChI=1S/C30H61N2O5P/c1-7-9-11-12-13-14-15-16-17-18-19-20-22-23-29(33)28(31-30(34)24-21-10-8-2)27-37-38(6,35)36-26-25-32(3,4)5/h22-23,28-29,33H,7-21,24-27H2,1-6H3/p+1/b23-22+/t28-,29+,38?/m0/s1. The summed E-state index contributed by atoms with van der Waals surface area (Å²) in [4.78, 5) is 12.4. The van der Waals surface area contributed by atoms with Crippen molar-refractivity contribution in [1.82, 2.24) is 5.32 Å². The number of carbonyl (C=O) groups is 1. The van der Waals surface area contributed by atoms with E-state index in [1.807, 2.05) is 27.2 Å². The molecule has 0 saturated heterocycles. The third kappa shape index (κ3) is 24.3. The summed E-state index contributed by atoms with van der Waals surface area (Å²) in [5.41, 5.74) is 0. The van der Waals surface area contributed by atoms with E-state index in [0.717, 1.165) is 32.1 Å². The lowest BCUT2D eigenvalue weighted by molar-refractivity contribution is -0.870. The first-order valence-electron chi connectivity index (χ1n) is 15.3. The van der Waals surface area contributed by atoms with Gasteiger partial charge in [0.15, 0.2) is 0 Å². The second kappa shape index (κ2) is 23.0. The number of unbranched alkanes of at least 4 members (excludes halogenated alkanes) is 13. The fraction of sp³-hybridized carbons (Fsp3) is 0.900. The highest BCUT2D eigenvalue weighted by molar-refractivity contribution is 7.52. The molecule has 8 heteroatoms. The summed E-state index contributed by atoms with van der Waals surface area (Å²) >= 11 is 0. The van der Waals surface area contributed by atoms with Crippen molar-refractivity contribution in [3.05, 3.63) is 12.2 Å². The van der Waals surface area contributed by atoms with Gasteiger partial charge in [-0.25, -0.2) is 0 Å². The molecule has 0 heterocycles. The van der Waals surface area contributed by atoms with Gasteiger partial charge in [0.05, 0.1) is 39.9 Å². The van der Waals surface area contributed by atoms with Crippen LogP contribution in [0.1, 0.15) is 117 Å². The number of amides is 1. The summed E-state index contributed by atoms with van der Waals surface area (Å²) < 4.78 is 24.5. The Hall–Kier alpha value is -0.720. The Morgan fingerprint density at radius 1 is 0.868 bits per heavy atom. The van der Waals surface area contributed by atoms with E-state index in [0.29, 0.717) is 24.1 Å². The number of nitrogens with one attached hydrogen (secondary N) is 1. The number of nitrogens with zero attached hydrogens (tertiary/aromatic N) is 1. The van der Waals surface area contributed by atoms with Gasteiger partial charge in [-0.3, -0.25) is 9.36 Å². The molecule has 3 atom stereocenters. The fourth-order valence-electron chi connectivity index (χ4n) is 4.07. The van der Waals surface area contributed by atoms with E-state index in [1.165, 1.54) is 70.9 Å². The zero-order chi connectivity index (χ0) is 28.7. The number of hydrogen-bond acceptors (Lipinski definition) is 5. The number of quaternary nitrogens is 1. The van der Waals surface area contributed by atoms with Gasteiger partial charge < -0.3 is 24.0 Å². The minimum atomic E-state index is -3.30. The van der Waals surface area contributed by atoms with Crippen LogP contribution in [-0.4, -0.2) is 75.2 Å². The number of rotatable bonds is 26. The number of aliphatic hydroxyl groups is 1. The summed E-state index contributed by atoms with van der Waals surface area (Å²) in [6.07, 6.45) is 21.3. The van der Waals surface area contributed by atoms with Gasteiger partial charge in [-0.2, -0.15) is 0 Å². The Bertz CT molecular complexity index is 651. The molecule has 0 radical (unpaired) electrons. The van der Waals surface area contributed by atoms with Gasteiger partial charge in [-0.05, 0) is 19.3 Å². The van der Waals surface area contributed by atoms with Gasteiger partial charge in [0.1, 0.15) is 13.2 Å². The smallest absolute Gasteiger partial charge is 0.327 e.